The van der Waals surface area contributed by atoms with Crippen LogP contribution < -0.4 is 4.74 Å². The van der Waals surface area contributed by atoms with E-state index in [-0.39, 0.29) is 5.91 Å². The second-order valence-electron chi connectivity index (χ2n) is 6.99. The van der Waals surface area contributed by atoms with E-state index < -0.39 is 0 Å². The summed E-state index contributed by atoms with van der Waals surface area (Å²) in [4.78, 5) is 17.1. The van der Waals surface area contributed by atoms with Crippen LogP contribution in [0, 0.1) is 5.92 Å². The van der Waals surface area contributed by atoms with E-state index in [1.54, 1.807) is 13.2 Å². The number of ether oxygens (including phenoxy) is 1. The van der Waals surface area contributed by atoms with Crippen molar-refractivity contribution in [3.05, 3.63) is 42.5 Å². The van der Waals surface area contributed by atoms with Crippen LogP contribution in [0.25, 0.3) is 0 Å². The molecule has 2 aliphatic rings. The average molecular weight is 328 g/mol. The molecule has 1 saturated heterocycles. The van der Waals surface area contributed by atoms with Gasteiger partial charge in [-0.15, -0.1) is 6.58 Å². The number of nitrogens with zero attached hydrogens (tertiary/aromatic N) is 2. The number of methoxy groups -OCH3 is 1. The molecule has 1 aromatic carbocycles. The molecule has 1 aromatic rings. The summed E-state index contributed by atoms with van der Waals surface area (Å²) < 4.78 is 5.27. The molecule has 0 radical (unpaired) electrons. The maximum atomic E-state index is 12.7. The number of benzene rings is 1. The van der Waals surface area contributed by atoms with Crippen LogP contribution in [0.15, 0.2) is 36.9 Å². The first-order valence-corrected chi connectivity index (χ1v) is 8.95. The number of fused-ring (bicyclic) bond motifs is 2. The summed E-state index contributed by atoms with van der Waals surface area (Å²) in [5.74, 6) is 1.92. The maximum Gasteiger partial charge on any atom is 0.224 e. The lowest BCUT2D eigenvalue weighted by Crippen LogP contribution is -2.37. The Morgan fingerprint density at radius 2 is 2.33 bits per heavy atom. The Bertz CT molecular complexity index is 587. The molecule has 130 valence electrons. The van der Waals surface area contributed by atoms with Gasteiger partial charge >= 0.3 is 0 Å². The molecule has 0 unspecified atom stereocenters. The Balaban J connectivity index is 1.55. The first kappa shape index (κ1) is 17.0. The monoisotopic (exact) mass is 328 g/mol. The van der Waals surface area contributed by atoms with E-state index in [0.717, 1.165) is 29.8 Å². The van der Waals surface area contributed by atoms with E-state index >= 15 is 0 Å². The number of amides is 1. The van der Waals surface area contributed by atoms with Gasteiger partial charge in [0.15, 0.2) is 0 Å². The van der Waals surface area contributed by atoms with Gasteiger partial charge in [-0.05, 0) is 42.9 Å². The highest BCUT2D eigenvalue weighted by molar-refractivity contribution is 5.76. The van der Waals surface area contributed by atoms with Crippen molar-refractivity contribution in [2.24, 2.45) is 5.92 Å². The summed E-state index contributed by atoms with van der Waals surface area (Å²) >= 11 is 0. The van der Waals surface area contributed by atoms with Crippen LogP contribution in [0.2, 0.25) is 0 Å². The molecule has 1 amide bonds. The molecule has 0 N–H and O–H groups in total. The highest BCUT2D eigenvalue weighted by Gasteiger charge is 2.37. The van der Waals surface area contributed by atoms with E-state index in [1.807, 2.05) is 29.2 Å². The van der Waals surface area contributed by atoms with Gasteiger partial charge in [-0.1, -0.05) is 18.2 Å². The normalized spacial score (nSPS) is 22.5. The SMILES string of the molecule is C=CCN(Cc1cccc(OC)c1)C(=O)CCN1C[C@@H]2CC[C@H]1C2. The van der Waals surface area contributed by atoms with Crippen LogP contribution in [0.5, 0.6) is 5.75 Å². The van der Waals surface area contributed by atoms with Crippen molar-refractivity contribution in [2.75, 3.05) is 26.7 Å². The van der Waals surface area contributed by atoms with Crippen LogP contribution in [-0.2, 0) is 11.3 Å². The van der Waals surface area contributed by atoms with E-state index in [1.165, 1.54) is 25.8 Å². The number of carbonyl (C=O) groups excluding carboxylic acids is 1. The minimum atomic E-state index is 0.209. The van der Waals surface area contributed by atoms with E-state index in [9.17, 15) is 4.79 Å². The van der Waals surface area contributed by atoms with Gasteiger partial charge in [0, 0.05) is 38.6 Å². The lowest BCUT2D eigenvalue weighted by atomic mass is 10.1. The van der Waals surface area contributed by atoms with Crippen molar-refractivity contribution in [3.63, 3.8) is 0 Å². The molecule has 3 rings (SSSR count). The third kappa shape index (κ3) is 3.99. The number of likely N-dealkylation sites (tertiary alicyclic amines) is 1. The van der Waals surface area contributed by atoms with Crippen molar-refractivity contribution in [1.82, 2.24) is 9.80 Å². The molecule has 0 spiro atoms. The predicted octanol–water partition coefficient (Wildman–Crippen LogP) is 3.08. The van der Waals surface area contributed by atoms with Gasteiger partial charge in [-0.25, -0.2) is 0 Å². The molecule has 4 nitrogen and oxygen atoms in total. The van der Waals surface area contributed by atoms with E-state index in [0.29, 0.717) is 19.5 Å². The van der Waals surface area contributed by atoms with Crippen LogP contribution in [0.3, 0.4) is 0 Å². The third-order valence-corrected chi connectivity index (χ3v) is 5.35. The Morgan fingerprint density at radius 3 is 3.00 bits per heavy atom. The highest BCUT2D eigenvalue weighted by Crippen LogP contribution is 2.37. The molecule has 1 heterocycles. The van der Waals surface area contributed by atoms with Crippen LogP contribution in [0.4, 0.5) is 0 Å². The molecule has 4 heteroatoms. The largest absolute Gasteiger partial charge is 0.497 e. The second-order valence-corrected chi connectivity index (χ2v) is 6.99. The standard InChI is InChI=1S/C20H28N2O2/c1-3-10-22(15-16-5-4-6-19(13-16)24-2)20(23)9-11-21-14-17-7-8-18(21)12-17/h3-6,13,17-18H,1,7-12,14-15H2,2H3/t17-,18+/m1/s1. The second kappa shape index (κ2) is 7.84. The average Bonchev–Trinajstić information content (AvgIpc) is 3.22. The quantitative estimate of drug-likeness (QED) is 0.688. The number of carbonyl (C=O) groups is 1. The Kier molecular flexibility index (Phi) is 5.56. The summed E-state index contributed by atoms with van der Waals surface area (Å²) in [6, 6.07) is 8.64. The minimum absolute atomic E-state index is 0.209. The van der Waals surface area contributed by atoms with Gasteiger partial charge < -0.3 is 9.64 Å². The molecule has 1 aliphatic carbocycles. The molecule has 1 saturated carbocycles. The van der Waals surface area contributed by atoms with Crippen molar-refractivity contribution in [2.45, 2.75) is 38.3 Å². The Hall–Kier alpha value is -1.81. The lowest BCUT2D eigenvalue weighted by molar-refractivity contribution is -0.131. The zero-order valence-corrected chi connectivity index (χ0v) is 14.6. The van der Waals surface area contributed by atoms with Gasteiger partial charge in [0.05, 0.1) is 7.11 Å². The maximum absolute atomic E-state index is 12.7. The summed E-state index contributed by atoms with van der Waals surface area (Å²) in [5, 5.41) is 0. The van der Waals surface area contributed by atoms with Crippen LogP contribution >= 0.6 is 0 Å². The van der Waals surface area contributed by atoms with Crippen molar-refractivity contribution in [3.8, 4) is 5.75 Å². The van der Waals surface area contributed by atoms with Gasteiger partial charge in [0.1, 0.15) is 5.75 Å². The molecule has 0 aromatic heterocycles. The molecule has 2 fully saturated rings. The number of rotatable bonds is 8. The van der Waals surface area contributed by atoms with Crippen molar-refractivity contribution >= 4 is 5.91 Å². The fraction of sp³-hybridized carbons (Fsp3) is 0.550. The molecule has 1 aliphatic heterocycles. The van der Waals surface area contributed by atoms with Crippen molar-refractivity contribution < 1.29 is 9.53 Å². The van der Waals surface area contributed by atoms with Gasteiger partial charge in [0.25, 0.3) is 0 Å². The van der Waals surface area contributed by atoms with Gasteiger partial charge in [0.2, 0.25) is 5.91 Å². The van der Waals surface area contributed by atoms with E-state index in [4.69, 9.17) is 4.74 Å². The molecule has 24 heavy (non-hydrogen) atoms. The van der Waals surface area contributed by atoms with Gasteiger partial charge in [-0.3, -0.25) is 9.69 Å². The summed E-state index contributed by atoms with van der Waals surface area (Å²) in [6.45, 7) is 7.07. The minimum Gasteiger partial charge on any atom is -0.497 e. The Morgan fingerprint density at radius 1 is 1.46 bits per heavy atom. The smallest absolute Gasteiger partial charge is 0.224 e. The lowest BCUT2D eigenvalue weighted by Gasteiger charge is -2.28. The first-order chi connectivity index (χ1) is 11.7. The van der Waals surface area contributed by atoms with Gasteiger partial charge in [-0.2, -0.15) is 0 Å². The van der Waals surface area contributed by atoms with E-state index in [2.05, 4.69) is 11.5 Å². The Labute approximate surface area is 145 Å². The number of hydrogen-bond donors (Lipinski definition) is 0. The molecular weight excluding hydrogens is 300 g/mol. The highest BCUT2D eigenvalue weighted by atomic mass is 16.5. The third-order valence-electron chi connectivity index (χ3n) is 5.35. The van der Waals surface area contributed by atoms with Crippen LogP contribution in [-0.4, -0.2) is 48.5 Å². The first-order valence-electron chi connectivity index (χ1n) is 8.95. The fourth-order valence-corrected chi connectivity index (χ4v) is 4.10. The number of hydrogen-bond acceptors (Lipinski definition) is 3. The zero-order valence-electron chi connectivity index (χ0n) is 14.6. The molecule has 2 atom stereocenters. The van der Waals surface area contributed by atoms with Crippen molar-refractivity contribution in [1.29, 1.82) is 0 Å². The topological polar surface area (TPSA) is 32.8 Å². The summed E-state index contributed by atoms with van der Waals surface area (Å²) in [5.41, 5.74) is 1.09. The summed E-state index contributed by atoms with van der Waals surface area (Å²) in [7, 11) is 1.66. The number of piperidine rings is 1. The predicted molar refractivity (Wildman–Crippen MR) is 95.9 cm³/mol. The van der Waals surface area contributed by atoms with Crippen LogP contribution in [0.1, 0.15) is 31.2 Å². The molecular formula is C20H28N2O2. The molecule has 2 bridgehead atoms. The fourth-order valence-electron chi connectivity index (χ4n) is 4.10. The summed E-state index contributed by atoms with van der Waals surface area (Å²) in [6.07, 6.45) is 6.44. The zero-order chi connectivity index (χ0) is 16.9.